The van der Waals surface area contributed by atoms with Crippen molar-refractivity contribution >= 4 is 23.5 Å². The average Bonchev–Trinajstić information content (AvgIpc) is 3.10. The van der Waals surface area contributed by atoms with Crippen LogP contribution in [0.3, 0.4) is 0 Å². The van der Waals surface area contributed by atoms with Gasteiger partial charge in [0.2, 0.25) is 11.5 Å². The van der Waals surface area contributed by atoms with Crippen molar-refractivity contribution in [2.45, 2.75) is 51.1 Å². The number of pyridine rings is 1. The lowest BCUT2D eigenvalue weighted by molar-refractivity contribution is -0.140. The van der Waals surface area contributed by atoms with Crippen LogP contribution in [0.5, 0.6) is 0 Å². The number of ether oxygens (including phenoxy) is 1. The van der Waals surface area contributed by atoms with Gasteiger partial charge in [-0.25, -0.2) is 9.18 Å². The van der Waals surface area contributed by atoms with E-state index in [-0.39, 0.29) is 61.5 Å². The van der Waals surface area contributed by atoms with Crippen LogP contribution in [0.15, 0.2) is 41.3 Å². The van der Waals surface area contributed by atoms with Gasteiger partial charge in [-0.3, -0.25) is 29.5 Å². The lowest BCUT2D eigenvalue weighted by Crippen LogP contribution is -2.60. The summed E-state index contributed by atoms with van der Waals surface area (Å²) < 4.78 is 59.6. The number of rotatable bonds is 8. The van der Waals surface area contributed by atoms with Crippen LogP contribution in [-0.4, -0.2) is 70.7 Å². The van der Waals surface area contributed by atoms with Crippen LogP contribution in [0.1, 0.15) is 37.8 Å². The minimum atomic E-state index is -4.62. The molecule has 0 bridgehead atoms. The molecule has 1 aromatic carbocycles. The molecule has 3 heterocycles. The predicted molar refractivity (Wildman–Crippen MR) is 144 cm³/mol. The summed E-state index contributed by atoms with van der Waals surface area (Å²) in [5, 5.41) is 2.95. The summed E-state index contributed by atoms with van der Waals surface area (Å²) in [5.74, 6) is -1.70. The van der Waals surface area contributed by atoms with E-state index in [2.05, 4.69) is 5.32 Å². The van der Waals surface area contributed by atoms with Gasteiger partial charge in [0, 0.05) is 45.0 Å². The van der Waals surface area contributed by atoms with Gasteiger partial charge in [0.15, 0.2) is 0 Å². The minimum Gasteiger partial charge on any atom is -0.361 e. The standard InChI is InChI=1S/C28H33F4N5O5/c1-17(2)23(33-16-42-15-18-13-19(28(30,31)32)5-7-21(18)29)24(39)36-11-9-27(10-12-36)25(40)35(4)26(41)37(27)20-6-8-22(38)34(3)14-20/h5-8,13-14,17,23,33H,9-12,15-16H2,1-4H3/t23-/m1/s1. The van der Waals surface area contributed by atoms with E-state index in [4.69, 9.17) is 4.74 Å². The predicted octanol–water partition coefficient (Wildman–Crippen LogP) is 3.09. The number of benzene rings is 1. The number of likely N-dealkylation sites (N-methyl/N-ethyl adjacent to an activating group) is 1. The summed E-state index contributed by atoms with van der Waals surface area (Å²) >= 11 is 0. The average molecular weight is 596 g/mol. The maximum absolute atomic E-state index is 14.0. The van der Waals surface area contributed by atoms with Crippen LogP contribution in [0.25, 0.3) is 0 Å². The van der Waals surface area contributed by atoms with E-state index < -0.39 is 41.8 Å². The Bertz CT molecular complexity index is 1420. The second kappa shape index (κ2) is 11.8. The molecule has 2 saturated heterocycles. The summed E-state index contributed by atoms with van der Waals surface area (Å²) in [6.07, 6.45) is -2.78. The largest absolute Gasteiger partial charge is 0.416 e. The maximum atomic E-state index is 14.0. The van der Waals surface area contributed by atoms with Gasteiger partial charge in [0.1, 0.15) is 11.4 Å². The number of carbonyl (C=O) groups is 3. The molecule has 1 aromatic heterocycles. The van der Waals surface area contributed by atoms with Crippen molar-refractivity contribution < 1.29 is 36.7 Å². The molecule has 0 radical (unpaired) electrons. The zero-order valence-corrected chi connectivity index (χ0v) is 23.7. The summed E-state index contributed by atoms with van der Waals surface area (Å²) in [7, 11) is 2.95. The molecular weight excluding hydrogens is 562 g/mol. The highest BCUT2D eigenvalue weighted by Crippen LogP contribution is 2.40. The molecule has 228 valence electrons. The van der Waals surface area contributed by atoms with E-state index in [0.717, 1.165) is 11.0 Å². The van der Waals surface area contributed by atoms with E-state index in [9.17, 15) is 36.7 Å². The summed E-state index contributed by atoms with van der Waals surface area (Å²) in [4.78, 5) is 55.8. The van der Waals surface area contributed by atoms with Crippen molar-refractivity contribution in [3.8, 4) is 0 Å². The third-order valence-electron chi connectivity index (χ3n) is 7.81. The topological polar surface area (TPSA) is 104 Å². The molecule has 2 aromatic rings. The number of hydrogen-bond acceptors (Lipinski definition) is 6. The summed E-state index contributed by atoms with van der Waals surface area (Å²) in [5.41, 5.74) is -2.33. The number of nitrogens with zero attached hydrogens (tertiary/aromatic N) is 4. The lowest BCUT2D eigenvalue weighted by atomic mass is 9.85. The lowest BCUT2D eigenvalue weighted by Gasteiger charge is -2.43. The fraction of sp³-hybridized carbons (Fsp3) is 0.500. The molecule has 10 nitrogen and oxygen atoms in total. The quantitative estimate of drug-likeness (QED) is 0.218. The monoisotopic (exact) mass is 595 g/mol. The fourth-order valence-electron chi connectivity index (χ4n) is 5.41. The molecular formula is C28H33F4N5O5. The normalized spacial score (nSPS) is 18.0. The number of aryl methyl sites for hydroxylation is 1. The van der Waals surface area contributed by atoms with Gasteiger partial charge in [0.05, 0.1) is 30.6 Å². The zero-order chi connectivity index (χ0) is 31.0. The Labute approximate surface area is 239 Å². The third-order valence-corrected chi connectivity index (χ3v) is 7.81. The number of halogens is 4. The van der Waals surface area contributed by atoms with Crippen LogP contribution in [0.2, 0.25) is 0 Å². The number of carbonyl (C=O) groups excluding carboxylic acids is 3. The van der Waals surface area contributed by atoms with Crippen molar-refractivity contribution in [2.24, 2.45) is 13.0 Å². The Morgan fingerprint density at radius 3 is 2.33 bits per heavy atom. The minimum absolute atomic E-state index is 0.173. The first-order valence-electron chi connectivity index (χ1n) is 13.4. The molecule has 2 fully saturated rings. The van der Waals surface area contributed by atoms with Crippen molar-refractivity contribution in [1.29, 1.82) is 0 Å². The zero-order valence-electron chi connectivity index (χ0n) is 23.7. The first-order chi connectivity index (χ1) is 19.7. The number of piperidine rings is 1. The van der Waals surface area contributed by atoms with E-state index in [1.54, 1.807) is 11.9 Å². The van der Waals surface area contributed by atoms with Crippen molar-refractivity contribution in [2.75, 3.05) is 31.8 Å². The van der Waals surface area contributed by atoms with Gasteiger partial charge in [-0.15, -0.1) is 0 Å². The van der Waals surface area contributed by atoms with E-state index in [0.29, 0.717) is 17.8 Å². The number of imide groups is 1. The Balaban J connectivity index is 1.41. The molecule has 42 heavy (non-hydrogen) atoms. The number of anilines is 1. The summed E-state index contributed by atoms with van der Waals surface area (Å²) in [6.45, 7) is 3.31. The number of hydrogen-bond donors (Lipinski definition) is 1. The highest BCUT2D eigenvalue weighted by atomic mass is 19.4. The van der Waals surface area contributed by atoms with E-state index >= 15 is 0 Å². The van der Waals surface area contributed by atoms with E-state index in [1.807, 2.05) is 13.8 Å². The van der Waals surface area contributed by atoms with Gasteiger partial charge in [-0.1, -0.05) is 13.8 Å². The molecule has 0 unspecified atom stereocenters. The number of amides is 4. The Morgan fingerprint density at radius 2 is 1.74 bits per heavy atom. The van der Waals surface area contributed by atoms with Gasteiger partial charge < -0.3 is 14.2 Å². The van der Waals surface area contributed by atoms with Crippen LogP contribution in [0, 0.1) is 11.7 Å². The number of nitrogens with one attached hydrogen (secondary N) is 1. The van der Waals surface area contributed by atoms with Crippen molar-refractivity contribution in [3.63, 3.8) is 0 Å². The molecule has 2 aliphatic rings. The number of urea groups is 1. The van der Waals surface area contributed by atoms with E-state index in [1.165, 1.54) is 34.8 Å². The second-order valence-corrected chi connectivity index (χ2v) is 10.9. The van der Waals surface area contributed by atoms with Crippen LogP contribution in [-0.2, 0) is 34.2 Å². The molecule has 2 aliphatic heterocycles. The van der Waals surface area contributed by atoms with Crippen molar-refractivity contribution in [3.05, 3.63) is 63.8 Å². The maximum Gasteiger partial charge on any atom is 0.416 e. The SMILES string of the molecule is CC(C)[C@@H](NCOCc1cc(C(F)(F)F)ccc1F)C(=O)N1CCC2(CC1)C(=O)N(C)C(=O)N2c1ccc(=O)n(C)c1. The van der Waals surface area contributed by atoms with Gasteiger partial charge >= 0.3 is 12.2 Å². The van der Waals surface area contributed by atoms with Crippen LogP contribution in [0.4, 0.5) is 28.0 Å². The van der Waals surface area contributed by atoms with Crippen molar-refractivity contribution in [1.82, 2.24) is 19.7 Å². The fourth-order valence-corrected chi connectivity index (χ4v) is 5.41. The van der Waals surface area contributed by atoms with Gasteiger partial charge in [-0.05, 0) is 43.0 Å². The molecule has 4 amide bonds. The number of likely N-dealkylation sites (tertiary alicyclic amines) is 1. The van der Waals surface area contributed by atoms with Crippen LogP contribution < -0.4 is 15.8 Å². The summed E-state index contributed by atoms with van der Waals surface area (Å²) in [6, 6.07) is 3.65. The molecule has 1 atom stereocenters. The van der Waals surface area contributed by atoms with Crippen LogP contribution >= 0.6 is 0 Å². The smallest absolute Gasteiger partial charge is 0.361 e. The Hall–Kier alpha value is -3.78. The first-order valence-corrected chi connectivity index (χ1v) is 13.4. The highest BCUT2D eigenvalue weighted by molar-refractivity contribution is 6.16. The van der Waals surface area contributed by atoms with Gasteiger partial charge in [0.25, 0.3) is 5.91 Å². The molecule has 1 N–H and O–H groups in total. The Morgan fingerprint density at radius 1 is 1.07 bits per heavy atom. The molecule has 14 heteroatoms. The molecule has 0 aliphatic carbocycles. The number of alkyl halides is 3. The molecule has 1 spiro atoms. The van der Waals surface area contributed by atoms with Gasteiger partial charge in [-0.2, -0.15) is 13.2 Å². The second-order valence-electron chi connectivity index (χ2n) is 10.9. The Kier molecular flexibility index (Phi) is 8.78. The molecule has 0 saturated carbocycles. The third kappa shape index (κ3) is 5.91. The highest BCUT2D eigenvalue weighted by Gasteiger charge is 2.58. The number of aromatic nitrogens is 1. The first kappa shape index (κ1) is 31.2. The molecule has 4 rings (SSSR count).